The summed E-state index contributed by atoms with van der Waals surface area (Å²) in [7, 11) is 0. The fourth-order valence-electron chi connectivity index (χ4n) is 3.51. The number of hydrogen-bond donors (Lipinski definition) is 1. The van der Waals surface area contributed by atoms with E-state index in [2.05, 4.69) is 69.4 Å². The van der Waals surface area contributed by atoms with Crippen molar-refractivity contribution in [2.75, 3.05) is 5.32 Å². The molecule has 3 rings (SSSR count). The predicted octanol–water partition coefficient (Wildman–Crippen LogP) is 7.16. The molecule has 0 aliphatic carbocycles. The van der Waals surface area contributed by atoms with E-state index in [-0.39, 0.29) is 5.91 Å². The van der Waals surface area contributed by atoms with E-state index in [1.54, 1.807) is 0 Å². The first-order valence-corrected chi connectivity index (χ1v) is 9.98. The maximum Gasteiger partial charge on any atom is 0.255 e. The zero-order valence-electron chi connectivity index (χ0n) is 17.4. The van der Waals surface area contributed by atoms with Crippen LogP contribution in [-0.4, -0.2) is 5.91 Å². The molecule has 2 nitrogen and oxygen atoms in total. The number of rotatable bonds is 5. The van der Waals surface area contributed by atoms with E-state index in [9.17, 15) is 4.79 Å². The van der Waals surface area contributed by atoms with Crippen LogP contribution in [-0.2, 0) is 0 Å². The van der Waals surface area contributed by atoms with Crippen molar-refractivity contribution in [3.05, 3.63) is 89.0 Å². The second-order valence-corrected chi connectivity index (χ2v) is 8.03. The Morgan fingerprint density at radius 1 is 0.750 bits per heavy atom. The lowest BCUT2D eigenvalue weighted by molar-refractivity contribution is 0.102. The first-order chi connectivity index (χ1) is 13.4. The van der Waals surface area contributed by atoms with E-state index in [0.717, 1.165) is 11.3 Å². The van der Waals surface area contributed by atoms with Crippen LogP contribution in [0.2, 0.25) is 0 Å². The van der Waals surface area contributed by atoms with Crippen LogP contribution in [0.1, 0.15) is 66.6 Å². The molecule has 0 spiro atoms. The van der Waals surface area contributed by atoms with Gasteiger partial charge in [-0.2, -0.15) is 0 Å². The van der Waals surface area contributed by atoms with E-state index in [4.69, 9.17) is 0 Å². The molecule has 0 bridgehead atoms. The lowest BCUT2D eigenvalue weighted by Crippen LogP contribution is -2.16. The second-order valence-electron chi connectivity index (χ2n) is 8.03. The summed E-state index contributed by atoms with van der Waals surface area (Å²) in [6, 6.07) is 22.6. The van der Waals surface area contributed by atoms with Gasteiger partial charge in [0, 0.05) is 11.3 Å². The highest BCUT2D eigenvalue weighted by molar-refractivity contribution is 6.05. The molecule has 0 saturated carbocycles. The first-order valence-electron chi connectivity index (χ1n) is 9.98. The van der Waals surface area contributed by atoms with Crippen molar-refractivity contribution in [1.82, 2.24) is 0 Å². The molecule has 144 valence electrons. The average molecular weight is 372 g/mol. The maximum atomic E-state index is 13.0. The van der Waals surface area contributed by atoms with Gasteiger partial charge in [-0.25, -0.2) is 0 Å². The summed E-state index contributed by atoms with van der Waals surface area (Å²) in [5.41, 5.74) is 7.47. The van der Waals surface area contributed by atoms with Crippen LogP contribution in [0, 0.1) is 6.92 Å². The lowest BCUT2D eigenvalue weighted by Gasteiger charge is -2.22. The van der Waals surface area contributed by atoms with Crippen LogP contribution in [0.15, 0.2) is 66.7 Å². The van der Waals surface area contributed by atoms with Crippen molar-refractivity contribution >= 4 is 11.6 Å². The van der Waals surface area contributed by atoms with Crippen LogP contribution in [0.25, 0.3) is 11.1 Å². The van der Waals surface area contributed by atoms with Crippen molar-refractivity contribution in [1.29, 1.82) is 0 Å². The highest BCUT2D eigenvalue weighted by Crippen LogP contribution is 2.37. The van der Waals surface area contributed by atoms with Gasteiger partial charge in [0.1, 0.15) is 0 Å². The van der Waals surface area contributed by atoms with Crippen LogP contribution in [0.3, 0.4) is 0 Å². The standard InChI is InChI=1S/C26H29NO/c1-17(2)23-15-22(20-11-7-6-8-12-20)16-24(18(3)4)25(23)27-26(28)21-13-9-10-19(5)14-21/h6-18H,1-5H3,(H,27,28). The molecule has 0 aliphatic rings. The number of benzene rings is 3. The number of amides is 1. The number of anilines is 1. The predicted molar refractivity (Wildman–Crippen MR) is 119 cm³/mol. The average Bonchev–Trinajstić information content (AvgIpc) is 2.68. The molecule has 3 aromatic carbocycles. The van der Waals surface area contributed by atoms with E-state index < -0.39 is 0 Å². The molecule has 0 aromatic heterocycles. The lowest BCUT2D eigenvalue weighted by atomic mass is 9.88. The van der Waals surface area contributed by atoms with Gasteiger partial charge in [-0.3, -0.25) is 4.79 Å². The van der Waals surface area contributed by atoms with Crippen LogP contribution < -0.4 is 5.32 Å². The molecule has 0 fully saturated rings. The molecule has 0 radical (unpaired) electrons. The smallest absolute Gasteiger partial charge is 0.255 e. The first kappa shape index (κ1) is 19.9. The molecular formula is C26H29NO. The Balaban J connectivity index is 2.10. The number of carbonyl (C=O) groups is 1. The number of aryl methyl sites for hydroxylation is 1. The highest BCUT2D eigenvalue weighted by Gasteiger charge is 2.19. The topological polar surface area (TPSA) is 29.1 Å². The minimum atomic E-state index is -0.0556. The summed E-state index contributed by atoms with van der Waals surface area (Å²) >= 11 is 0. The van der Waals surface area contributed by atoms with Crippen molar-refractivity contribution < 1.29 is 4.79 Å². The summed E-state index contributed by atoms with van der Waals surface area (Å²) in [6.45, 7) is 10.7. The maximum absolute atomic E-state index is 13.0. The van der Waals surface area contributed by atoms with E-state index in [1.165, 1.54) is 22.3 Å². The third-order valence-corrected chi connectivity index (χ3v) is 5.07. The number of hydrogen-bond acceptors (Lipinski definition) is 1. The molecule has 1 amide bonds. The summed E-state index contributed by atoms with van der Waals surface area (Å²) in [4.78, 5) is 13.0. The Kier molecular flexibility index (Phi) is 5.99. The molecule has 0 unspecified atom stereocenters. The van der Waals surface area contributed by atoms with E-state index >= 15 is 0 Å². The van der Waals surface area contributed by atoms with Crippen molar-refractivity contribution in [3.8, 4) is 11.1 Å². The molecule has 28 heavy (non-hydrogen) atoms. The van der Waals surface area contributed by atoms with Gasteiger partial charge in [0.25, 0.3) is 5.91 Å². The minimum Gasteiger partial charge on any atom is -0.321 e. The normalized spacial score (nSPS) is 11.1. The van der Waals surface area contributed by atoms with E-state index in [0.29, 0.717) is 17.4 Å². The summed E-state index contributed by atoms with van der Waals surface area (Å²) in [5, 5.41) is 3.23. The van der Waals surface area contributed by atoms with Gasteiger partial charge in [0.05, 0.1) is 0 Å². The highest BCUT2D eigenvalue weighted by atomic mass is 16.1. The van der Waals surface area contributed by atoms with Crippen molar-refractivity contribution in [2.24, 2.45) is 0 Å². The van der Waals surface area contributed by atoms with E-state index in [1.807, 2.05) is 37.3 Å². The molecule has 0 saturated heterocycles. The summed E-state index contributed by atoms with van der Waals surface area (Å²) in [5.74, 6) is 0.544. The van der Waals surface area contributed by atoms with Gasteiger partial charge in [-0.05, 0) is 65.3 Å². The van der Waals surface area contributed by atoms with Crippen molar-refractivity contribution in [2.45, 2.75) is 46.5 Å². The zero-order chi connectivity index (χ0) is 20.3. The van der Waals surface area contributed by atoms with Crippen LogP contribution >= 0.6 is 0 Å². The third kappa shape index (κ3) is 4.33. The third-order valence-electron chi connectivity index (χ3n) is 5.07. The van der Waals surface area contributed by atoms with Gasteiger partial charge in [-0.15, -0.1) is 0 Å². The molecule has 1 N–H and O–H groups in total. The van der Waals surface area contributed by atoms with Crippen molar-refractivity contribution in [3.63, 3.8) is 0 Å². The Morgan fingerprint density at radius 3 is 1.89 bits per heavy atom. The minimum absolute atomic E-state index is 0.0556. The van der Waals surface area contributed by atoms with Gasteiger partial charge in [-0.1, -0.05) is 75.7 Å². The SMILES string of the molecule is Cc1cccc(C(=O)Nc2c(C(C)C)cc(-c3ccccc3)cc2C(C)C)c1. The Bertz CT molecular complexity index is 942. The fraction of sp³-hybridized carbons (Fsp3) is 0.269. The summed E-state index contributed by atoms with van der Waals surface area (Å²) < 4.78 is 0. The number of nitrogens with one attached hydrogen (secondary N) is 1. The molecule has 0 heterocycles. The monoisotopic (exact) mass is 371 g/mol. The molecule has 2 heteroatoms. The Hall–Kier alpha value is -2.87. The fourth-order valence-corrected chi connectivity index (χ4v) is 3.51. The van der Waals surface area contributed by atoms with Gasteiger partial charge in [0.2, 0.25) is 0 Å². The molecule has 3 aromatic rings. The summed E-state index contributed by atoms with van der Waals surface area (Å²) in [6.07, 6.45) is 0. The van der Waals surface area contributed by atoms with Gasteiger partial charge >= 0.3 is 0 Å². The largest absolute Gasteiger partial charge is 0.321 e. The molecule has 0 atom stereocenters. The van der Waals surface area contributed by atoms with Gasteiger partial charge < -0.3 is 5.32 Å². The van der Waals surface area contributed by atoms with Crippen LogP contribution in [0.4, 0.5) is 5.69 Å². The number of carbonyl (C=O) groups excluding carboxylic acids is 1. The molecular weight excluding hydrogens is 342 g/mol. The van der Waals surface area contributed by atoms with Crippen LogP contribution in [0.5, 0.6) is 0 Å². The Morgan fingerprint density at radius 2 is 1.36 bits per heavy atom. The second kappa shape index (κ2) is 8.43. The quantitative estimate of drug-likeness (QED) is 0.506. The van der Waals surface area contributed by atoms with Gasteiger partial charge in [0.15, 0.2) is 0 Å². The zero-order valence-corrected chi connectivity index (χ0v) is 17.4. The Labute approximate surface area is 168 Å². The molecule has 0 aliphatic heterocycles.